The van der Waals surface area contributed by atoms with Crippen molar-refractivity contribution in [3.63, 3.8) is 0 Å². The first kappa shape index (κ1) is 12.6. The number of alkyl halides is 2. The summed E-state index contributed by atoms with van der Waals surface area (Å²) in [6.45, 7) is -3.10. The molecule has 1 heterocycles. The molecular weight excluding hydrogens is 246 g/mol. The van der Waals surface area contributed by atoms with Crippen LogP contribution in [0.1, 0.15) is 0 Å². The van der Waals surface area contributed by atoms with Gasteiger partial charge in [0.15, 0.2) is 0 Å². The van der Waals surface area contributed by atoms with Crippen molar-refractivity contribution in [3.8, 4) is 11.8 Å². The normalized spacial score (nSPS) is 11.6. The number of rotatable bonds is 4. The Kier molecular flexibility index (Phi) is 3.58. The third-order valence-electron chi connectivity index (χ3n) is 1.41. The lowest BCUT2D eigenvalue weighted by atomic mass is 10.6. The molecule has 9 heteroatoms. The molecule has 0 saturated heterocycles. The maximum Gasteiger partial charge on any atom is 0.388 e. The molecule has 6 nitrogen and oxygen atoms in total. The Morgan fingerprint density at radius 1 is 1.31 bits per heavy atom. The first-order valence-corrected chi connectivity index (χ1v) is 5.80. The molecule has 0 aromatic carbocycles. The molecule has 0 radical (unpaired) electrons. The average molecular weight is 254 g/mol. The van der Waals surface area contributed by atoms with Gasteiger partial charge in [-0.3, -0.25) is 0 Å². The number of ether oxygens (including phenoxy) is 2. The molecular formula is C7H8F2N2O4S. The molecule has 0 N–H and O–H groups in total. The Hall–Kier alpha value is -1.51. The summed E-state index contributed by atoms with van der Waals surface area (Å²) in [5, 5.41) is -0.637. The fourth-order valence-electron chi connectivity index (χ4n) is 0.806. The molecule has 1 rings (SSSR count). The predicted octanol–water partition coefficient (Wildman–Crippen LogP) is 0.490. The number of hydrogen-bond donors (Lipinski definition) is 0. The topological polar surface area (TPSA) is 78.4 Å². The van der Waals surface area contributed by atoms with E-state index in [1.165, 1.54) is 7.11 Å². The summed E-state index contributed by atoms with van der Waals surface area (Å²) < 4.78 is 54.6. The number of aromatic nitrogens is 2. The molecule has 0 aliphatic heterocycles. The van der Waals surface area contributed by atoms with E-state index in [2.05, 4.69) is 19.4 Å². The van der Waals surface area contributed by atoms with Crippen LogP contribution in [0, 0.1) is 0 Å². The van der Waals surface area contributed by atoms with Crippen molar-refractivity contribution in [2.75, 3.05) is 13.4 Å². The van der Waals surface area contributed by atoms with Crippen LogP contribution in [-0.2, 0) is 9.84 Å². The van der Waals surface area contributed by atoms with Gasteiger partial charge in [-0.05, 0) is 0 Å². The van der Waals surface area contributed by atoms with Crippen LogP contribution in [0.25, 0.3) is 0 Å². The van der Waals surface area contributed by atoms with Crippen LogP contribution in [0.2, 0.25) is 0 Å². The van der Waals surface area contributed by atoms with E-state index in [0.29, 0.717) is 0 Å². The fourth-order valence-corrected chi connectivity index (χ4v) is 1.32. The van der Waals surface area contributed by atoms with E-state index in [-0.39, 0.29) is 5.88 Å². The van der Waals surface area contributed by atoms with Gasteiger partial charge in [-0.1, -0.05) is 0 Å². The highest BCUT2D eigenvalue weighted by Gasteiger charge is 2.17. The lowest BCUT2D eigenvalue weighted by Gasteiger charge is -2.06. The van der Waals surface area contributed by atoms with Gasteiger partial charge < -0.3 is 9.47 Å². The zero-order valence-corrected chi connectivity index (χ0v) is 9.16. The van der Waals surface area contributed by atoms with E-state index in [1.54, 1.807) is 0 Å². The van der Waals surface area contributed by atoms with Crippen molar-refractivity contribution in [3.05, 3.63) is 6.07 Å². The van der Waals surface area contributed by atoms with Crippen molar-refractivity contribution in [2.24, 2.45) is 0 Å². The van der Waals surface area contributed by atoms with Gasteiger partial charge in [-0.2, -0.15) is 18.7 Å². The minimum Gasteiger partial charge on any atom is -0.481 e. The van der Waals surface area contributed by atoms with Crippen LogP contribution >= 0.6 is 0 Å². The quantitative estimate of drug-likeness (QED) is 0.727. The number of methoxy groups -OCH3 is 1. The average Bonchev–Trinajstić information content (AvgIpc) is 2.14. The summed E-state index contributed by atoms with van der Waals surface area (Å²) >= 11 is 0. The predicted molar refractivity (Wildman–Crippen MR) is 48.3 cm³/mol. The third-order valence-corrected chi connectivity index (χ3v) is 2.26. The van der Waals surface area contributed by atoms with E-state index in [1.807, 2.05) is 0 Å². The maximum absolute atomic E-state index is 11.9. The van der Waals surface area contributed by atoms with Crippen LogP contribution < -0.4 is 9.47 Å². The third kappa shape index (κ3) is 3.26. The smallest absolute Gasteiger partial charge is 0.388 e. The van der Waals surface area contributed by atoms with Gasteiger partial charge in [-0.15, -0.1) is 0 Å². The highest BCUT2D eigenvalue weighted by Crippen LogP contribution is 2.19. The molecule has 0 spiro atoms. The molecule has 90 valence electrons. The minimum absolute atomic E-state index is 0.175. The number of sulfone groups is 1. The first-order chi connectivity index (χ1) is 7.32. The van der Waals surface area contributed by atoms with Gasteiger partial charge in [-0.25, -0.2) is 8.42 Å². The Balaban J connectivity index is 3.21. The van der Waals surface area contributed by atoms with Gasteiger partial charge in [0.25, 0.3) is 5.16 Å². The summed E-state index contributed by atoms with van der Waals surface area (Å²) in [6, 6.07) is 0.959. The molecule has 0 atom stereocenters. The Morgan fingerprint density at radius 2 is 1.88 bits per heavy atom. The molecule has 0 fully saturated rings. The van der Waals surface area contributed by atoms with Crippen molar-refractivity contribution in [2.45, 2.75) is 11.8 Å². The molecule has 0 aliphatic carbocycles. The number of halogens is 2. The standard InChI is InChI=1S/C7H8F2N2O4S/c1-14-4-3-5(15-6(8)9)11-7(10-4)16(2,12)13/h3,6H,1-2H3. The second kappa shape index (κ2) is 4.56. The number of nitrogens with zero attached hydrogens (tertiary/aromatic N) is 2. The summed E-state index contributed by atoms with van der Waals surface area (Å²) in [5.74, 6) is -0.742. The highest BCUT2D eigenvalue weighted by atomic mass is 32.2. The second-order valence-electron chi connectivity index (χ2n) is 2.68. The maximum atomic E-state index is 11.9. The van der Waals surface area contributed by atoms with Gasteiger partial charge in [0, 0.05) is 6.26 Å². The Bertz CT molecular complexity index is 477. The number of hydrogen-bond acceptors (Lipinski definition) is 6. The Morgan fingerprint density at radius 3 is 2.31 bits per heavy atom. The van der Waals surface area contributed by atoms with Crippen LogP contribution in [0.4, 0.5) is 8.78 Å². The zero-order valence-electron chi connectivity index (χ0n) is 8.35. The van der Waals surface area contributed by atoms with E-state index in [4.69, 9.17) is 0 Å². The van der Waals surface area contributed by atoms with E-state index in [9.17, 15) is 17.2 Å². The fraction of sp³-hybridized carbons (Fsp3) is 0.429. The van der Waals surface area contributed by atoms with Crippen LogP contribution in [0.15, 0.2) is 11.2 Å². The summed E-state index contributed by atoms with van der Waals surface area (Å²) in [4.78, 5) is 6.80. The first-order valence-electron chi connectivity index (χ1n) is 3.91. The van der Waals surface area contributed by atoms with Crippen molar-refractivity contribution in [1.29, 1.82) is 0 Å². The summed E-state index contributed by atoms with van der Waals surface area (Å²) in [7, 11) is -2.51. The highest BCUT2D eigenvalue weighted by molar-refractivity contribution is 7.90. The van der Waals surface area contributed by atoms with Gasteiger partial charge in [0.05, 0.1) is 13.2 Å². The Labute approximate surface area is 90.1 Å². The van der Waals surface area contributed by atoms with Crippen molar-refractivity contribution < 1.29 is 26.7 Å². The molecule has 1 aromatic heterocycles. The van der Waals surface area contributed by atoms with Crippen LogP contribution in [-0.4, -0.2) is 38.4 Å². The van der Waals surface area contributed by atoms with E-state index >= 15 is 0 Å². The minimum atomic E-state index is -3.72. The largest absolute Gasteiger partial charge is 0.481 e. The van der Waals surface area contributed by atoms with Gasteiger partial charge in [0.1, 0.15) is 0 Å². The molecule has 16 heavy (non-hydrogen) atoms. The molecule has 0 saturated carbocycles. The van der Waals surface area contributed by atoms with Crippen molar-refractivity contribution >= 4 is 9.84 Å². The zero-order chi connectivity index (χ0) is 12.3. The second-order valence-corrected chi connectivity index (χ2v) is 4.59. The van der Waals surface area contributed by atoms with Crippen LogP contribution in [0.5, 0.6) is 11.8 Å². The monoisotopic (exact) mass is 254 g/mol. The molecule has 1 aromatic rings. The molecule has 0 amide bonds. The van der Waals surface area contributed by atoms with E-state index < -0.39 is 27.5 Å². The van der Waals surface area contributed by atoms with E-state index in [0.717, 1.165) is 12.3 Å². The molecule has 0 bridgehead atoms. The lowest BCUT2D eigenvalue weighted by Crippen LogP contribution is -2.09. The summed E-state index contributed by atoms with van der Waals surface area (Å²) in [5.41, 5.74) is 0. The van der Waals surface area contributed by atoms with Gasteiger partial charge >= 0.3 is 6.61 Å². The van der Waals surface area contributed by atoms with Gasteiger partial charge in [0.2, 0.25) is 21.6 Å². The SMILES string of the molecule is COc1cc(OC(F)F)nc(S(C)(=O)=O)n1. The molecule has 0 unspecified atom stereocenters. The molecule has 0 aliphatic rings. The van der Waals surface area contributed by atoms with Crippen LogP contribution in [0.3, 0.4) is 0 Å². The van der Waals surface area contributed by atoms with Crippen molar-refractivity contribution in [1.82, 2.24) is 9.97 Å². The lowest BCUT2D eigenvalue weighted by molar-refractivity contribution is -0.0535. The summed E-state index contributed by atoms with van der Waals surface area (Å²) in [6.07, 6.45) is 0.841.